The lowest BCUT2D eigenvalue weighted by Crippen LogP contribution is -2.20. The van der Waals surface area contributed by atoms with Gasteiger partial charge in [0.1, 0.15) is 23.8 Å². The molecule has 0 spiro atoms. The second kappa shape index (κ2) is 7.24. The Bertz CT molecular complexity index is 498. The summed E-state index contributed by atoms with van der Waals surface area (Å²) in [5.41, 5.74) is 2.13. The highest BCUT2D eigenvalue weighted by Crippen LogP contribution is 2.27. The Hall–Kier alpha value is -2.25. The van der Waals surface area contributed by atoms with Gasteiger partial charge >= 0.3 is 0 Å². The zero-order valence-corrected chi connectivity index (χ0v) is 11.5. The molecule has 0 aromatic heterocycles. The standard InChI is InChI=1S/C15H18N4/c1-3-13(12(9-16)10-17)14(11-18)15(4-2)19-7-5-6-8-19/h3-8H2,1-2H3/b15-14+. The molecular formula is C15H18N4. The zero-order chi connectivity index (χ0) is 14.3. The Balaban J connectivity index is 3.38. The molecule has 1 saturated heterocycles. The first-order valence-electron chi connectivity index (χ1n) is 6.65. The lowest BCUT2D eigenvalue weighted by Gasteiger charge is -2.23. The summed E-state index contributed by atoms with van der Waals surface area (Å²) in [7, 11) is 0. The van der Waals surface area contributed by atoms with Crippen LogP contribution in [0.2, 0.25) is 0 Å². The molecule has 1 rings (SSSR count). The van der Waals surface area contributed by atoms with Crippen molar-refractivity contribution in [3.63, 3.8) is 0 Å². The number of allylic oxidation sites excluding steroid dienone is 4. The van der Waals surface area contributed by atoms with E-state index in [9.17, 15) is 5.26 Å². The van der Waals surface area contributed by atoms with Gasteiger partial charge in [0.05, 0.1) is 5.57 Å². The van der Waals surface area contributed by atoms with E-state index < -0.39 is 0 Å². The normalized spacial score (nSPS) is 15.0. The third-order valence-electron chi connectivity index (χ3n) is 3.40. The SMILES string of the molecule is CCC(=C(C#N)C#N)/C(C#N)=C(\CC)N1CCCC1. The number of likely N-dealkylation sites (tertiary alicyclic amines) is 1. The number of nitrogens with zero attached hydrogens (tertiary/aromatic N) is 4. The van der Waals surface area contributed by atoms with Crippen molar-refractivity contribution in [2.24, 2.45) is 0 Å². The Labute approximate surface area is 114 Å². The summed E-state index contributed by atoms with van der Waals surface area (Å²) >= 11 is 0. The van der Waals surface area contributed by atoms with Crippen LogP contribution in [0.1, 0.15) is 39.5 Å². The molecule has 4 nitrogen and oxygen atoms in total. The van der Waals surface area contributed by atoms with E-state index in [4.69, 9.17) is 10.5 Å². The lowest BCUT2D eigenvalue weighted by molar-refractivity contribution is 0.410. The molecule has 0 radical (unpaired) electrons. The van der Waals surface area contributed by atoms with Crippen molar-refractivity contribution in [2.75, 3.05) is 13.1 Å². The van der Waals surface area contributed by atoms with Gasteiger partial charge in [0, 0.05) is 18.8 Å². The van der Waals surface area contributed by atoms with Crippen molar-refractivity contribution >= 4 is 0 Å². The Morgan fingerprint density at radius 2 is 1.53 bits per heavy atom. The maximum absolute atomic E-state index is 9.44. The van der Waals surface area contributed by atoms with Gasteiger partial charge in [0.15, 0.2) is 0 Å². The third-order valence-corrected chi connectivity index (χ3v) is 3.40. The van der Waals surface area contributed by atoms with E-state index in [-0.39, 0.29) is 5.57 Å². The average molecular weight is 254 g/mol. The van der Waals surface area contributed by atoms with Gasteiger partial charge in [-0.05, 0) is 31.3 Å². The molecule has 0 unspecified atom stereocenters. The van der Waals surface area contributed by atoms with Crippen molar-refractivity contribution in [3.05, 3.63) is 22.4 Å². The van der Waals surface area contributed by atoms with Gasteiger partial charge in [-0.25, -0.2) is 0 Å². The van der Waals surface area contributed by atoms with E-state index in [1.165, 1.54) is 0 Å². The van der Waals surface area contributed by atoms with Crippen LogP contribution in [-0.4, -0.2) is 18.0 Å². The van der Waals surface area contributed by atoms with Gasteiger partial charge in [-0.2, -0.15) is 15.8 Å². The molecular weight excluding hydrogens is 236 g/mol. The first-order chi connectivity index (χ1) is 9.23. The fourth-order valence-corrected chi connectivity index (χ4v) is 2.49. The van der Waals surface area contributed by atoms with E-state index in [0.717, 1.165) is 38.0 Å². The molecule has 0 amide bonds. The molecule has 0 saturated carbocycles. The Morgan fingerprint density at radius 3 is 1.89 bits per heavy atom. The average Bonchev–Trinajstić information content (AvgIpc) is 2.96. The molecule has 1 heterocycles. The highest BCUT2D eigenvalue weighted by atomic mass is 15.1. The van der Waals surface area contributed by atoms with Crippen molar-refractivity contribution in [2.45, 2.75) is 39.5 Å². The fraction of sp³-hybridized carbons (Fsp3) is 0.533. The quantitative estimate of drug-likeness (QED) is 0.571. The molecule has 1 aliphatic rings. The van der Waals surface area contributed by atoms with Gasteiger partial charge < -0.3 is 4.90 Å². The Kier molecular flexibility index (Phi) is 5.65. The minimum Gasteiger partial charge on any atom is -0.374 e. The summed E-state index contributed by atoms with van der Waals surface area (Å²) in [5, 5.41) is 27.5. The van der Waals surface area contributed by atoms with Crippen LogP contribution in [0, 0.1) is 34.0 Å². The van der Waals surface area contributed by atoms with Gasteiger partial charge in [-0.3, -0.25) is 0 Å². The monoisotopic (exact) mass is 254 g/mol. The highest BCUT2D eigenvalue weighted by Gasteiger charge is 2.20. The van der Waals surface area contributed by atoms with Crippen LogP contribution in [0.5, 0.6) is 0 Å². The van der Waals surface area contributed by atoms with Crippen molar-refractivity contribution in [1.29, 1.82) is 15.8 Å². The molecule has 4 heteroatoms. The smallest absolute Gasteiger partial charge is 0.134 e. The lowest BCUT2D eigenvalue weighted by atomic mass is 9.96. The maximum Gasteiger partial charge on any atom is 0.134 e. The molecule has 98 valence electrons. The molecule has 1 fully saturated rings. The third kappa shape index (κ3) is 3.15. The number of hydrogen-bond donors (Lipinski definition) is 0. The molecule has 0 N–H and O–H groups in total. The first-order valence-corrected chi connectivity index (χ1v) is 6.65. The predicted octanol–water partition coefficient (Wildman–Crippen LogP) is 3.02. The van der Waals surface area contributed by atoms with Crippen molar-refractivity contribution in [3.8, 4) is 18.2 Å². The highest BCUT2D eigenvalue weighted by molar-refractivity contribution is 5.55. The minimum absolute atomic E-state index is 0.0594. The van der Waals surface area contributed by atoms with Gasteiger partial charge in [-0.1, -0.05) is 13.8 Å². The van der Waals surface area contributed by atoms with Crippen molar-refractivity contribution in [1.82, 2.24) is 4.90 Å². The Morgan fingerprint density at radius 1 is 0.947 bits per heavy atom. The summed E-state index contributed by atoms with van der Waals surface area (Å²) in [6.07, 6.45) is 3.54. The summed E-state index contributed by atoms with van der Waals surface area (Å²) < 4.78 is 0. The fourth-order valence-electron chi connectivity index (χ4n) is 2.49. The number of rotatable bonds is 4. The molecule has 0 aromatic rings. The molecule has 19 heavy (non-hydrogen) atoms. The van der Waals surface area contributed by atoms with Gasteiger partial charge in [-0.15, -0.1) is 0 Å². The molecule has 0 bridgehead atoms. The summed E-state index contributed by atoms with van der Waals surface area (Å²) in [5.74, 6) is 0. The van der Waals surface area contributed by atoms with Crippen LogP contribution in [0.25, 0.3) is 0 Å². The van der Waals surface area contributed by atoms with E-state index in [1.807, 2.05) is 26.0 Å². The summed E-state index contributed by atoms with van der Waals surface area (Å²) in [6.45, 7) is 5.80. The number of hydrogen-bond acceptors (Lipinski definition) is 4. The topological polar surface area (TPSA) is 74.6 Å². The second-order valence-corrected chi connectivity index (χ2v) is 4.41. The summed E-state index contributed by atoms with van der Waals surface area (Å²) in [4.78, 5) is 2.21. The van der Waals surface area contributed by atoms with Crippen molar-refractivity contribution < 1.29 is 0 Å². The first kappa shape index (κ1) is 14.8. The van der Waals surface area contributed by atoms with Crippen LogP contribution >= 0.6 is 0 Å². The van der Waals surface area contributed by atoms with Crippen LogP contribution in [0.15, 0.2) is 22.4 Å². The largest absolute Gasteiger partial charge is 0.374 e. The van der Waals surface area contributed by atoms with Crippen LogP contribution in [-0.2, 0) is 0 Å². The molecule has 0 atom stereocenters. The van der Waals surface area contributed by atoms with E-state index in [1.54, 1.807) is 0 Å². The maximum atomic E-state index is 9.44. The van der Waals surface area contributed by atoms with Crippen LogP contribution < -0.4 is 0 Å². The van der Waals surface area contributed by atoms with Gasteiger partial charge in [0.2, 0.25) is 0 Å². The molecule has 1 aliphatic heterocycles. The van der Waals surface area contributed by atoms with E-state index in [0.29, 0.717) is 17.6 Å². The van der Waals surface area contributed by atoms with E-state index >= 15 is 0 Å². The zero-order valence-electron chi connectivity index (χ0n) is 11.5. The minimum atomic E-state index is 0.0594. The number of nitriles is 3. The van der Waals surface area contributed by atoms with Crippen LogP contribution in [0.3, 0.4) is 0 Å². The predicted molar refractivity (Wildman–Crippen MR) is 72.3 cm³/mol. The van der Waals surface area contributed by atoms with E-state index in [2.05, 4.69) is 11.0 Å². The molecule has 0 aliphatic carbocycles. The molecule has 0 aromatic carbocycles. The van der Waals surface area contributed by atoms with Gasteiger partial charge in [0.25, 0.3) is 0 Å². The summed E-state index contributed by atoms with van der Waals surface area (Å²) in [6, 6.07) is 6.01. The van der Waals surface area contributed by atoms with Crippen LogP contribution in [0.4, 0.5) is 0 Å². The second-order valence-electron chi connectivity index (χ2n) is 4.41.